The van der Waals surface area contributed by atoms with E-state index in [1.807, 2.05) is 170 Å². The molecule has 5 atom stereocenters. The number of ether oxygens (including phenoxy) is 4. The summed E-state index contributed by atoms with van der Waals surface area (Å²) >= 11 is 0. The molecule has 2 aromatic heterocycles. The second kappa shape index (κ2) is 22.5. The molecule has 9 aromatic rings. The molecule has 0 radical (unpaired) electrons. The summed E-state index contributed by atoms with van der Waals surface area (Å²) in [6, 6.07) is 60.3. The van der Waals surface area contributed by atoms with Gasteiger partial charge in [0.25, 0.3) is 0 Å². The Kier molecular flexibility index (Phi) is 15.2. The zero-order valence-electron chi connectivity index (χ0n) is 42.7. The van der Waals surface area contributed by atoms with Gasteiger partial charge in [-0.25, -0.2) is 9.55 Å². The van der Waals surface area contributed by atoms with E-state index in [0.717, 1.165) is 16.7 Å². The highest BCUT2D eigenvalue weighted by Crippen LogP contribution is 2.52. The summed E-state index contributed by atoms with van der Waals surface area (Å²) in [6.07, 6.45) is 4.69. The molecule has 7 aromatic carbocycles. The molecule has 1 aliphatic rings. The first kappa shape index (κ1) is 52.7. The van der Waals surface area contributed by atoms with Crippen LogP contribution in [0.2, 0.25) is 0 Å². The SMILES string of the molecule is C#C[C@]1(COP(=O)(N[C@@H](C)C(=O)O)Oc2ccccc2)O[C@@H](n2cnc3c(NC(c4ccccc4)(c4ccccc4)c4ccc(OC)cc4)nc(F)nc32)C[C@@H]1OC(c1ccccc1)(c1ccccc1)c1ccc(OC)cc1. The molecule has 1 fully saturated rings. The van der Waals surface area contributed by atoms with Crippen molar-refractivity contribution in [2.24, 2.45) is 0 Å². The number of hydrogen-bond acceptors (Lipinski definition) is 12. The van der Waals surface area contributed by atoms with E-state index in [9.17, 15) is 14.5 Å². The summed E-state index contributed by atoms with van der Waals surface area (Å²) in [7, 11) is -1.46. The maximum Gasteiger partial charge on any atom is 0.459 e. The maximum atomic E-state index is 16.5. The van der Waals surface area contributed by atoms with Gasteiger partial charge in [-0.05, 0) is 76.7 Å². The van der Waals surface area contributed by atoms with Crippen molar-refractivity contribution in [2.45, 2.75) is 48.5 Å². The number of rotatable bonds is 21. The lowest BCUT2D eigenvalue weighted by atomic mass is 9.77. The number of methoxy groups -OCH3 is 2. The van der Waals surface area contributed by atoms with Crippen LogP contribution in [-0.4, -0.2) is 69.2 Å². The number of imidazole rings is 1. The van der Waals surface area contributed by atoms with E-state index in [-0.39, 0.29) is 29.2 Å². The minimum absolute atomic E-state index is 0.0369. The van der Waals surface area contributed by atoms with Crippen molar-refractivity contribution < 1.29 is 46.9 Å². The van der Waals surface area contributed by atoms with Crippen LogP contribution in [0.1, 0.15) is 53.0 Å². The molecule has 0 aliphatic carbocycles. The second-order valence-corrected chi connectivity index (χ2v) is 20.1. The van der Waals surface area contributed by atoms with Crippen molar-refractivity contribution in [3.63, 3.8) is 0 Å². The molecule has 15 nitrogen and oxygen atoms in total. The number of carbonyl (C=O) groups is 1. The molecule has 1 aliphatic heterocycles. The number of halogens is 1. The van der Waals surface area contributed by atoms with Gasteiger partial charge >= 0.3 is 19.8 Å². The Labute approximate surface area is 450 Å². The van der Waals surface area contributed by atoms with Crippen LogP contribution in [0.3, 0.4) is 0 Å². The highest BCUT2D eigenvalue weighted by molar-refractivity contribution is 7.52. The Balaban J connectivity index is 1.13. The van der Waals surface area contributed by atoms with Crippen molar-refractivity contribution in [3.05, 3.63) is 246 Å². The normalized spacial score (nSPS) is 17.6. The number of aliphatic carboxylic acids is 1. The number of carboxylic acids is 1. The van der Waals surface area contributed by atoms with Gasteiger partial charge in [0.15, 0.2) is 22.6 Å². The molecule has 0 amide bonds. The third kappa shape index (κ3) is 10.3. The van der Waals surface area contributed by atoms with Gasteiger partial charge in [-0.3, -0.25) is 13.9 Å². The molecule has 78 heavy (non-hydrogen) atoms. The number of anilines is 1. The molecular formula is C61H54FN6O9P. The van der Waals surface area contributed by atoms with Gasteiger partial charge in [0.2, 0.25) is 0 Å². The van der Waals surface area contributed by atoms with Crippen LogP contribution in [0.25, 0.3) is 11.2 Å². The first-order chi connectivity index (χ1) is 37.9. The molecule has 1 saturated heterocycles. The molecule has 0 saturated carbocycles. The Morgan fingerprint density at radius 2 is 1.22 bits per heavy atom. The molecule has 3 N–H and O–H groups in total. The molecule has 10 rings (SSSR count). The number of nitrogens with zero attached hydrogens (tertiary/aromatic N) is 4. The minimum atomic E-state index is -4.63. The lowest BCUT2D eigenvalue weighted by molar-refractivity contribution is -0.138. The van der Waals surface area contributed by atoms with E-state index < -0.39 is 61.5 Å². The fourth-order valence-electron chi connectivity index (χ4n) is 9.92. The van der Waals surface area contributed by atoms with Crippen molar-refractivity contribution in [1.29, 1.82) is 0 Å². The fourth-order valence-corrected chi connectivity index (χ4v) is 11.4. The molecule has 17 heteroatoms. The lowest BCUT2D eigenvalue weighted by Gasteiger charge is -2.41. The fraction of sp³-hybridized carbons (Fsp3) is 0.180. The molecule has 3 heterocycles. The van der Waals surface area contributed by atoms with E-state index in [0.29, 0.717) is 28.2 Å². The molecule has 1 unspecified atom stereocenters. The summed E-state index contributed by atoms with van der Waals surface area (Å²) in [5.41, 5.74) is 0.126. The largest absolute Gasteiger partial charge is 0.497 e. The summed E-state index contributed by atoms with van der Waals surface area (Å²) < 4.78 is 71.1. The van der Waals surface area contributed by atoms with Crippen LogP contribution < -0.4 is 24.4 Å². The van der Waals surface area contributed by atoms with E-state index in [4.69, 9.17) is 39.4 Å². The van der Waals surface area contributed by atoms with Gasteiger partial charge in [0.1, 0.15) is 53.4 Å². The number of aromatic nitrogens is 4. The van der Waals surface area contributed by atoms with E-state index in [1.54, 1.807) is 49.1 Å². The van der Waals surface area contributed by atoms with Gasteiger partial charge in [0, 0.05) is 6.42 Å². The van der Waals surface area contributed by atoms with Crippen LogP contribution in [0, 0.1) is 18.4 Å². The van der Waals surface area contributed by atoms with Gasteiger partial charge in [-0.15, -0.1) is 6.42 Å². The van der Waals surface area contributed by atoms with Crippen LogP contribution in [0.4, 0.5) is 10.2 Å². The van der Waals surface area contributed by atoms with E-state index in [2.05, 4.69) is 26.3 Å². The Bertz CT molecular complexity index is 3500. The zero-order chi connectivity index (χ0) is 54.3. The standard InChI is InChI=1S/C61H54FN6O9P/c1-5-59(40-74-78(71,67-42(2)57(69)70)77-51-29-19-10-20-30-51)52(75-61(46-25-15-8-16-26-46,47-27-17-9-18-28-47)48-33-37-50(73-4)38-34-48)39-53(76-59)68-41-63-54-55(64-58(62)65-56(54)68)66-60(43-21-11-6-12-22-43,44-23-13-7-14-24-44)45-31-35-49(72-3)36-32-45/h1,6-38,41-42,52-53H,39-40H2,2-4H3,(H,67,71)(H,69,70)(H,64,65,66)/t42-,52-,53+,59+,78?/m0/s1. The summed E-state index contributed by atoms with van der Waals surface area (Å²) in [5.74, 6) is 2.92. The van der Waals surface area contributed by atoms with Crippen LogP contribution in [0.15, 0.2) is 207 Å². The van der Waals surface area contributed by atoms with Gasteiger partial charge < -0.3 is 33.9 Å². The van der Waals surface area contributed by atoms with Crippen LogP contribution in [0.5, 0.6) is 17.2 Å². The predicted molar refractivity (Wildman–Crippen MR) is 292 cm³/mol. The zero-order valence-corrected chi connectivity index (χ0v) is 43.6. The van der Waals surface area contributed by atoms with Gasteiger partial charge in [-0.2, -0.15) is 19.4 Å². The topological polar surface area (TPSA) is 177 Å². The number of hydrogen-bond donors (Lipinski definition) is 3. The average Bonchev–Trinajstić information content (AvgIpc) is 4.13. The number of fused-ring (bicyclic) bond motifs is 1. The Morgan fingerprint density at radius 1 is 0.744 bits per heavy atom. The number of para-hydroxylation sites is 1. The summed E-state index contributed by atoms with van der Waals surface area (Å²) in [6.45, 7) is 0.618. The van der Waals surface area contributed by atoms with Crippen molar-refractivity contribution in [2.75, 3.05) is 26.1 Å². The Hall–Kier alpha value is -8.68. The third-order valence-corrected chi connectivity index (χ3v) is 15.4. The number of carboxylic acid groups (broad SMARTS) is 1. The van der Waals surface area contributed by atoms with Crippen molar-refractivity contribution >= 4 is 30.7 Å². The predicted octanol–water partition coefficient (Wildman–Crippen LogP) is 11.3. The number of nitrogens with one attached hydrogen (secondary N) is 2. The van der Waals surface area contributed by atoms with Crippen molar-refractivity contribution in [1.82, 2.24) is 24.6 Å². The van der Waals surface area contributed by atoms with Crippen molar-refractivity contribution in [3.8, 4) is 29.6 Å². The number of terminal acetylenes is 1. The highest BCUT2D eigenvalue weighted by atomic mass is 31.2. The van der Waals surface area contributed by atoms with E-state index in [1.165, 1.54) is 13.3 Å². The maximum absolute atomic E-state index is 16.5. The molecule has 394 valence electrons. The Morgan fingerprint density at radius 3 is 1.72 bits per heavy atom. The summed E-state index contributed by atoms with van der Waals surface area (Å²) in [4.78, 5) is 25.8. The van der Waals surface area contributed by atoms with Crippen LogP contribution in [-0.2, 0) is 34.5 Å². The molecule has 0 spiro atoms. The third-order valence-electron chi connectivity index (χ3n) is 13.8. The first-order valence-electron chi connectivity index (χ1n) is 24.9. The van der Waals surface area contributed by atoms with E-state index >= 15 is 4.39 Å². The first-order valence-corrected chi connectivity index (χ1v) is 26.5. The lowest BCUT2D eigenvalue weighted by Crippen LogP contribution is -2.49. The van der Waals surface area contributed by atoms with Crippen LogP contribution >= 0.6 is 7.75 Å². The van der Waals surface area contributed by atoms with Gasteiger partial charge in [-0.1, -0.05) is 170 Å². The average molecular weight is 1070 g/mol. The quantitative estimate of drug-likeness (QED) is 0.0268. The van der Waals surface area contributed by atoms with Gasteiger partial charge in [0.05, 0.1) is 20.5 Å². The molecular weight excluding hydrogens is 1010 g/mol. The minimum Gasteiger partial charge on any atom is -0.497 e. The number of benzene rings is 7. The summed E-state index contributed by atoms with van der Waals surface area (Å²) in [5, 5.41) is 16.2. The second-order valence-electron chi connectivity index (χ2n) is 18.5. The smallest absolute Gasteiger partial charge is 0.459 e. The molecule has 0 bridgehead atoms. The highest BCUT2D eigenvalue weighted by Gasteiger charge is 2.55. The monoisotopic (exact) mass is 1060 g/mol.